The Bertz CT molecular complexity index is 842. The maximum atomic E-state index is 14.1. The van der Waals surface area contributed by atoms with E-state index in [2.05, 4.69) is 0 Å². The second-order valence-corrected chi connectivity index (χ2v) is 4.99. The quantitative estimate of drug-likeness (QED) is 0.656. The monoisotopic (exact) mass is 305 g/mol. The standard InChI is InChI=1S/C16H10ClF2NO/c17-16-12(9-21)11-5-3-7-14(19)15(11)20(16)8-10-4-1-2-6-13(10)18/h1-7,9H,8H2. The molecule has 0 saturated carbocycles. The number of nitrogens with zero attached hydrogens (tertiary/aromatic N) is 1. The average molecular weight is 306 g/mol. The lowest BCUT2D eigenvalue weighted by molar-refractivity contribution is 0.112. The van der Waals surface area contributed by atoms with Crippen molar-refractivity contribution in [3.05, 3.63) is 70.4 Å². The number of aldehydes is 1. The van der Waals surface area contributed by atoms with Crippen molar-refractivity contribution < 1.29 is 13.6 Å². The molecule has 0 N–H and O–H groups in total. The summed E-state index contributed by atoms with van der Waals surface area (Å²) >= 11 is 6.17. The number of fused-ring (bicyclic) bond motifs is 1. The van der Waals surface area contributed by atoms with E-state index in [1.165, 1.54) is 22.8 Å². The van der Waals surface area contributed by atoms with Gasteiger partial charge in [-0.05, 0) is 12.1 Å². The molecule has 0 unspecified atom stereocenters. The third-order valence-electron chi connectivity index (χ3n) is 3.41. The molecule has 0 saturated heterocycles. The van der Waals surface area contributed by atoms with E-state index in [1.54, 1.807) is 24.3 Å². The van der Waals surface area contributed by atoms with E-state index in [1.807, 2.05) is 0 Å². The lowest BCUT2D eigenvalue weighted by atomic mass is 10.2. The Morgan fingerprint density at radius 3 is 2.48 bits per heavy atom. The molecule has 1 aromatic heterocycles. The smallest absolute Gasteiger partial charge is 0.153 e. The fourth-order valence-electron chi connectivity index (χ4n) is 2.42. The zero-order valence-corrected chi connectivity index (χ0v) is 11.6. The summed E-state index contributed by atoms with van der Waals surface area (Å²) in [6.45, 7) is 0.0524. The average Bonchev–Trinajstić information content (AvgIpc) is 2.75. The lowest BCUT2D eigenvalue weighted by Crippen LogP contribution is -2.03. The van der Waals surface area contributed by atoms with Crippen LogP contribution in [0.15, 0.2) is 42.5 Å². The molecular weight excluding hydrogens is 296 g/mol. The molecule has 2 nitrogen and oxygen atoms in total. The molecule has 0 atom stereocenters. The Hall–Kier alpha value is -2.20. The first-order chi connectivity index (χ1) is 10.1. The molecule has 3 rings (SSSR count). The van der Waals surface area contributed by atoms with Gasteiger partial charge in [-0.3, -0.25) is 4.79 Å². The third-order valence-corrected chi connectivity index (χ3v) is 3.82. The van der Waals surface area contributed by atoms with Gasteiger partial charge in [0.2, 0.25) is 0 Å². The second kappa shape index (κ2) is 5.30. The van der Waals surface area contributed by atoms with Crippen molar-refractivity contribution in [2.75, 3.05) is 0 Å². The van der Waals surface area contributed by atoms with Crippen LogP contribution in [-0.2, 0) is 6.54 Å². The number of carbonyl (C=O) groups excluding carboxylic acids is 1. The van der Waals surface area contributed by atoms with Crippen molar-refractivity contribution in [3.8, 4) is 0 Å². The molecule has 5 heteroatoms. The van der Waals surface area contributed by atoms with Crippen LogP contribution in [0.2, 0.25) is 5.15 Å². The van der Waals surface area contributed by atoms with E-state index in [-0.39, 0.29) is 22.8 Å². The van der Waals surface area contributed by atoms with Gasteiger partial charge in [-0.25, -0.2) is 8.78 Å². The predicted octanol–water partition coefficient (Wildman–Crippen LogP) is 4.43. The molecule has 21 heavy (non-hydrogen) atoms. The SMILES string of the molecule is O=Cc1c(Cl)n(Cc2ccccc2F)c2c(F)cccc12. The van der Waals surface area contributed by atoms with Gasteiger partial charge < -0.3 is 4.57 Å². The highest BCUT2D eigenvalue weighted by atomic mass is 35.5. The van der Waals surface area contributed by atoms with Crippen LogP contribution < -0.4 is 0 Å². The van der Waals surface area contributed by atoms with Gasteiger partial charge in [0.25, 0.3) is 0 Å². The largest absolute Gasteiger partial charge is 0.324 e. The number of carbonyl (C=O) groups is 1. The maximum absolute atomic E-state index is 14.1. The van der Waals surface area contributed by atoms with Crippen molar-refractivity contribution in [2.24, 2.45) is 0 Å². The fourth-order valence-corrected chi connectivity index (χ4v) is 2.71. The minimum absolute atomic E-state index is 0.0524. The van der Waals surface area contributed by atoms with Crippen molar-refractivity contribution in [1.29, 1.82) is 0 Å². The van der Waals surface area contributed by atoms with Crippen molar-refractivity contribution >= 4 is 28.8 Å². The minimum Gasteiger partial charge on any atom is -0.324 e. The van der Waals surface area contributed by atoms with Crippen molar-refractivity contribution in [3.63, 3.8) is 0 Å². The Kier molecular flexibility index (Phi) is 3.47. The molecule has 2 aromatic carbocycles. The first-order valence-electron chi connectivity index (χ1n) is 6.28. The molecule has 3 aromatic rings. The number of halogens is 3. The Morgan fingerprint density at radius 2 is 1.76 bits per heavy atom. The minimum atomic E-state index is -0.501. The number of rotatable bonds is 3. The van der Waals surface area contributed by atoms with Gasteiger partial charge in [0, 0.05) is 10.9 Å². The van der Waals surface area contributed by atoms with Gasteiger partial charge in [-0.15, -0.1) is 0 Å². The normalized spacial score (nSPS) is 11.0. The zero-order chi connectivity index (χ0) is 15.0. The highest BCUT2D eigenvalue weighted by molar-refractivity contribution is 6.34. The Balaban J connectivity index is 2.25. The number of benzene rings is 2. The van der Waals surface area contributed by atoms with Crippen molar-refractivity contribution in [1.82, 2.24) is 4.57 Å². The third kappa shape index (κ3) is 2.21. The van der Waals surface area contributed by atoms with Gasteiger partial charge in [-0.2, -0.15) is 0 Å². The molecule has 0 aliphatic rings. The summed E-state index contributed by atoms with van der Waals surface area (Å²) in [7, 11) is 0. The first-order valence-corrected chi connectivity index (χ1v) is 6.66. The van der Waals surface area contributed by atoms with Crippen LogP contribution in [0.4, 0.5) is 8.78 Å². The van der Waals surface area contributed by atoms with E-state index in [4.69, 9.17) is 11.6 Å². The number of para-hydroxylation sites is 1. The van der Waals surface area contributed by atoms with Crippen LogP contribution in [0.3, 0.4) is 0 Å². The summed E-state index contributed by atoms with van der Waals surface area (Å²) in [5.74, 6) is -0.904. The summed E-state index contributed by atoms with van der Waals surface area (Å²) in [6.07, 6.45) is 0.585. The van der Waals surface area contributed by atoms with E-state index in [0.29, 0.717) is 17.2 Å². The summed E-state index contributed by atoms with van der Waals surface area (Å²) < 4.78 is 29.3. The van der Waals surface area contributed by atoms with Crippen LogP contribution in [0.1, 0.15) is 15.9 Å². The Morgan fingerprint density at radius 1 is 1.05 bits per heavy atom. The van der Waals surface area contributed by atoms with Gasteiger partial charge >= 0.3 is 0 Å². The molecule has 0 fully saturated rings. The van der Waals surface area contributed by atoms with Gasteiger partial charge in [-0.1, -0.05) is 41.9 Å². The molecule has 0 aliphatic carbocycles. The van der Waals surface area contributed by atoms with E-state index < -0.39 is 11.6 Å². The summed E-state index contributed by atoms with van der Waals surface area (Å²) in [5.41, 5.74) is 0.785. The van der Waals surface area contributed by atoms with Crippen LogP contribution in [-0.4, -0.2) is 10.9 Å². The van der Waals surface area contributed by atoms with Crippen LogP contribution in [0.5, 0.6) is 0 Å². The number of aromatic nitrogens is 1. The van der Waals surface area contributed by atoms with Crippen LogP contribution in [0.25, 0.3) is 10.9 Å². The number of hydrogen-bond acceptors (Lipinski definition) is 1. The van der Waals surface area contributed by atoms with Gasteiger partial charge in [0.05, 0.1) is 17.6 Å². The highest BCUT2D eigenvalue weighted by Gasteiger charge is 2.18. The van der Waals surface area contributed by atoms with Crippen LogP contribution in [0, 0.1) is 11.6 Å². The van der Waals surface area contributed by atoms with E-state index >= 15 is 0 Å². The molecule has 1 heterocycles. The summed E-state index contributed by atoms with van der Waals surface area (Å²) in [4.78, 5) is 11.2. The number of hydrogen-bond donors (Lipinski definition) is 0. The lowest BCUT2D eigenvalue weighted by Gasteiger charge is -2.08. The maximum Gasteiger partial charge on any atom is 0.153 e. The molecule has 0 spiro atoms. The van der Waals surface area contributed by atoms with E-state index in [9.17, 15) is 13.6 Å². The second-order valence-electron chi connectivity index (χ2n) is 4.64. The van der Waals surface area contributed by atoms with Crippen molar-refractivity contribution in [2.45, 2.75) is 6.54 Å². The van der Waals surface area contributed by atoms with Gasteiger partial charge in [0.1, 0.15) is 16.8 Å². The molecule has 106 valence electrons. The topological polar surface area (TPSA) is 22.0 Å². The molecule has 0 aliphatic heterocycles. The summed E-state index contributed by atoms with van der Waals surface area (Å²) in [6, 6.07) is 10.6. The molecule has 0 bridgehead atoms. The van der Waals surface area contributed by atoms with E-state index in [0.717, 1.165) is 0 Å². The summed E-state index contributed by atoms with van der Waals surface area (Å²) in [5, 5.41) is 0.527. The fraction of sp³-hybridized carbons (Fsp3) is 0.0625. The Labute approximate surface area is 124 Å². The van der Waals surface area contributed by atoms with Crippen LogP contribution >= 0.6 is 11.6 Å². The first kappa shape index (κ1) is 13.8. The zero-order valence-electron chi connectivity index (χ0n) is 10.8. The molecule has 0 radical (unpaired) electrons. The predicted molar refractivity (Wildman–Crippen MR) is 77.8 cm³/mol. The molecular formula is C16H10ClF2NO. The van der Waals surface area contributed by atoms with Gasteiger partial charge in [0.15, 0.2) is 6.29 Å². The molecule has 0 amide bonds. The highest BCUT2D eigenvalue weighted by Crippen LogP contribution is 2.31.